The summed E-state index contributed by atoms with van der Waals surface area (Å²) < 4.78 is 10.3. The number of aliphatic hydroxyl groups excluding tert-OH is 1. The second kappa shape index (κ2) is 6.91. The van der Waals surface area contributed by atoms with Crippen molar-refractivity contribution in [3.63, 3.8) is 0 Å². The van der Waals surface area contributed by atoms with Gasteiger partial charge in [-0.2, -0.15) is 0 Å². The summed E-state index contributed by atoms with van der Waals surface area (Å²) in [6.45, 7) is 4.26. The molecule has 94 valence electrons. The summed E-state index contributed by atoms with van der Waals surface area (Å²) in [5, 5.41) is 8.99. The maximum Gasteiger partial charge on any atom is 0.338 e. The molecule has 0 saturated carbocycles. The van der Waals surface area contributed by atoms with Crippen LogP contribution in [0.3, 0.4) is 0 Å². The van der Waals surface area contributed by atoms with Crippen molar-refractivity contribution in [3.8, 4) is 5.75 Å². The number of hydrogen-bond acceptors (Lipinski definition) is 4. The molecule has 1 aromatic rings. The second-order valence-corrected chi connectivity index (χ2v) is 3.82. The summed E-state index contributed by atoms with van der Waals surface area (Å²) in [5.41, 5.74) is 0.453. The van der Waals surface area contributed by atoms with Gasteiger partial charge in [-0.25, -0.2) is 4.79 Å². The highest BCUT2D eigenvalue weighted by atomic mass is 16.5. The second-order valence-electron chi connectivity index (χ2n) is 3.82. The minimum absolute atomic E-state index is 0.00686. The van der Waals surface area contributed by atoms with E-state index in [0.717, 1.165) is 12.2 Å². The van der Waals surface area contributed by atoms with Gasteiger partial charge in [0.25, 0.3) is 0 Å². The lowest BCUT2D eigenvalue weighted by Gasteiger charge is -2.07. The zero-order chi connectivity index (χ0) is 12.7. The SMILES string of the molecule is CCCOc1ccc(C(=O)OCC(C)O)cc1. The lowest BCUT2D eigenvalue weighted by atomic mass is 10.2. The van der Waals surface area contributed by atoms with E-state index in [9.17, 15) is 4.79 Å². The maximum atomic E-state index is 11.5. The molecule has 4 nitrogen and oxygen atoms in total. The summed E-state index contributed by atoms with van der Waals surface area (Å²) >= 11 is 0. The molecule has 1 unspecified atom stereocenters. The Labute approximate surface area is 101 Å². The van der Waals surface area contributed by atoms with Crippen molar-refractivity contribution in [2.24, 2.45) is 0 Å². The molecule has 0 aliphatic carbocycles. The molecule has 0 spiro atoms. The molecule has 1 aromatic carbocycles. The highest BCUT2D eigenvalue weighted by Crippen LogP contribution is 2.13. The molecule has 17 heavy (non-hydrogen) atoms. The van der Waals surface area contributed by atoms with E-state index in [-0.39, 0.29) is 6.61 Å². The van der Waals surface area contributed by atoms with E-state index in [1.807, 2.05) is 6.92 Å². The minimum atomic E-state index is -0.647. The first-order chi connectivity index (χ1) is 8.13. The van der Waals surface area contributed by atoms with Gasteiger partial charge in [-0.15, -0.1) is 0 Å². The lowest BCUT2D eigenvalue weighted by molar-refractivity contribution is 0.0296. The van der Waals surface area contributed by atoms with Gasteiger partial charge in [-0.1, -0.05) is 6.92 Å². The van der Waals surface area contributed by atoms with E-state index >= 15 is 0 Å². The molecule has 4 heteroatoms. The standard InChI is InChI=1S/C13H18O4/c1-3-8-16-12-6-4-11(5-7-12)13(15)17-9-10(2)14/h4-7,10,14H,3,8-9H2,1-2H3. The lowest BCUT2D eigenvalue weighted by Crippen LogP contribution is -2.15. The molecular weight excluding hydrogens is 220 g/mol. The zero-order valence-corrected chi connectivity index (χ0v) is 10.2. The highest BCUT2D eigenvalue weighted by molar-refractivity contribution is 5.89. The summed E-state index contributed by atoms with van der Waals surface area (Å²) in [6.07, 6.45) is 0.296. The monoisotopic (exact) mass is 238 g/mol. The highest BCUT2D eigenvalue weighted by Gasteiger charge is 2.08. The van der Waals surface area contributed by atoms with Gasteiger partial charge in [-0.3, -0.25) is 0 Å². The predicted octanol–water partition coefficient (Wildman–Crippen LogP) is 2.01. The maximum absolute atomic E-state index is 11.5. The van der Waals surface area contributed by atoms with E-state index in [2.05, 4.69) is 0 Å². The van der Waals surface area contributed by atoms with Gasteiger partial charge < -0.3 is 14.6 Å². The van der Waals surface area contributed by atoms with Crippen LogP contribution >= 0.6 is 0 Å². The van der Waals surface area contributed by atoms with Gasteiger partial charge in [0, 0.05) is 0 Å². The number of aliphatic hydroxyl groups is 1. The molecule has 0 aromatic heterocycles. The Hall–Kier alpha value is -1.55. The van der Waals surface area contributed by atoms with Gasteiger partial charge in [0.05, 0.1) is 18.3 Å². The first-order valence-electron chi connectivity index (χ1n) is 5.71. The topological polar surface area (TPSA) is 55.8 Å². The number of benzene rings is 1. The third kappa shape index (κ3) is 4.87. The fourth-order valence-corrected chi connectivity index (χ4v) is 1.19. The van der Waals surface area contributed by atoms with Crippen molar-refractivity contribution >= 4 is 5.97 Å². The Kier molecular flexibility index (Phi) is 5.49. The van der Waals surface area contributed by atoms with Crippen LogP contribution in [0.5, 0.6) is 5.75 Å². The number of esters is 1. The molecule has 0 fully saturated rings. The zero-order valence-electron chi connectivity index (χ0n) is 10.2. The fourth-order valence-electron chi connectivity index (χ4n) is 1.19. The Morgan fingerprint density at radius 3 is 2.53 bits per heavy atom. The van der Waals surface area contributed by atoms with Crippen molar-refractivity contribution in [3.05, 3.63) is 29.8 Å². The van der Waals surface area contributed by atoms with Crippen molar-refractivity contribution < 1.29 is 19.4 Å². The average Bonchev–Trinajstić information content (AvgIpc) is 2.34. The van der Waals surface area contributed by atoms with Crippen molar-refractivity contribution in [1.82, 2.24) is 0 Å². The van der Waals surface area contributed by atoms with Crippen LogP contribution in [0.4, 0.5) is 0 Å². The third-order valence-corrected chi connectivity index (χ3v) is 2.02. The van der Waals surface area contributed by atoms with Gasteiger partial charge >= 0.3 is 5.97 Å². The molecule has 0 radical (unpaired) electrons. The van der Waals surface area contributed by atoms with E-state index < -0.39 is 12.1 Å². The Morgan fingerprint density at radius 1 is 1.35 bits per heavy atom. The first kappa shape index (κ1) is 13.5. The molecule has 0 bridgehead atoms. The van der Waals surface area contributed by atoms with Crippen LogP contribution in [0.2, 0.25) is 0 Å². The van der Waals surface area contributed by atoms with Crippen LogP contribution in [0.25, 0.3) is 0 Å². The summed E-state index contributed by atoms with van der Waals surface area (Å²) in [7, 11) is 0. The quantitative estimate of drug-likeness (QED) is 0.770. The molecule has 0 heterocycles. The van der Waals surface area contributed by atoms with Crippen LogP contribution in [-0.4, -0.2) is 30.4 Å². The smallest absolute Gasteiger partial charge is 0.338 e. The van der Waals surface area contributed by atoms with E-state index in [1.165, 1.54) is 0 Å². The largest absolute Gasteiger partial charge is 0.494 e. The number of hydrogen-bond donors (Lipinski definition) is 1. The molecule has 1 atom stereocenters. The molecule has 0 saturated heterocycles. The molecule has 1 rings (SSSR count). The van der Waals surface area contributed by atoms with Gasteiger partial charge in [0.1, 0.15) is 12.4 Å². The van der Waals surface area contributed by atoms with Crippen LogP contribution in [0.15, 0.2) is 24.3 Å². The average molecular weight is 238 g/mol. The molecule has 0 aliphatic rings. The summed E-state index contributed by atoms with van der Waals surface area (Å²) in [6, 6.07) is 6.76. The van der Waals surface area contributed by atoms with Crippen LogP contribution in [0, 0.1) is 0 Å². The molecule has 1 N–H and O–H groups in total. The van der Waals surface area contributed by atoms with Crippen molar-refractivity contribution in [1.29, 1.82) is 0 Å². The molecule has 0 amide bonds. The summed E-state index contributed by atoms with van der Waals surface area (Å²) in [4.78, 5) is 11.5. The van der Waals surface area contributed by atoms with Gasteiger partial charge in [0.2, 0.25) is 0 Å². The van der Waals surface area contributed by atoms with E-state index in [0.29, 0.717) is 12.2 Å². The Balaban J connectivity index is 2.51. The Bertz CT molecular complexity index is 343. The molecule has 0 aliphatic heterocycles. The van der Waals surface area contributed by atoms with Crippen LogP contribution < -0.4 is 4.74 Å². The van der Waals surface area contributed by atoms with Crippen molar-refractivity contribution in [2.75, 3.05) is 13.2 Å². The number of carbonyl (C=O) groups is 1. The van der Waals surface area contributed by atoms with Crippen LogP contribution in [0.1, 0.15) is 30.6 Å². The van der Waals surface area contributed by atoms with Crippen LogP contribution in [-0.2, 0) is 4.74 Å². The minimum Gasteiger partial charge on any atom is -0.494 e. The van der Waals surface area contributed by atoms with Gasteiger partial charge in [0.15, 0.2) is 0 Å². The first-order valence-corrected chi connectivity index (χ1v) is 5.71. The predicted molar refractivity (Wildman–Crippen MR) is 64.2 cm³/mol. The van der Waals surface area contributed by atoms with Crippen molar-refractivity contribution in [2.45, 2.75) is 26.4 Å². The molecular formula is C13H18O4. The fraction of sp³-hybridized carbons (Fsp3) is 0.462. The van der Waals surface area contributed by atoms with E-state index in [4.69, 9.17) is 14.6 Å². The van der Waals surface area contributed by atoms with Gasteiger partial charge in [-0.05, 0) is 37.6 Å². The third-order valence-electron chi connectivity index (χ3n) is 2.02. The normalized spacial score (nSPS) is 11.9. The Morgan fingerprint density at radius 2 is 2.00 bits per heavy atom. The number of carbonyl (C=O) groups excluding carboxylic acids is 1. The number of ether oxygens (including phenoxy) is 2. The summed E-state index contributed by atoms with van der Waals surface area (Å²) in [5.74, 6) is 0.298. The number of rotatable bonds is 6. The van der Waals surface area contributed by atoms with E-state index in [1.54, 1.807) is 31.2 Å².